The van der Waals surface area contributed by atoms with E-state index in [-0.39, 0.29) is 17.1 Å². The molecular weight excluding hydrogens is 278 g/mol. The Bertz CT molecular complexity index is 709. The van der Waals surface area contributed by atoms with E-state index >= 15 is 0 Å². The third-order valence-corrected chi connectivity index (χ3v) is 2.84. The van der Waals surface area contributed by atoms with Crippen LogP contribution in [-0.4, -0.2) is 18.0 Å². The second-order valence-electron chi connectivity index (χ2n) is 4.26. The van der Waals surface area contributed by atoms with E-state index in [0.29, 0.717) is 5.56 Å². The summed E-state index contributed by atoms with van der Waals surface area (Å²) >= 11 is 0. The minimum atomic E-state index is -1.07. The Morgan fingerprint density at radius 2 is 1.90 bits per heavy atom. The van der Waals surface area contributed by atoms with Crippen molar-refractivity contribution in [2.45, 2.75) is 0 Å². The minimum Gasteiger partial charge on any atom is -0.504 e. The first kappa shape index (κ1) is 14.7. The number of carbonyl (C=O) groups excluding carboxylic acids is 1. The van der Waals surface area contributed by atoms with Crippen LogP contribution >= 0.6 is 0 Å². The van der Waals surface area contributed by atoms with Gasteiger partial charge >= 0.3 is 0 Å². The van der Waals surface area contributed by atoms with E-state index in [2.05, 4.69) is 0 Å². The monoisotopic (exact) mass is 290 g/mol. The number of ketones is 1. The SMILES string of the molecule is COc1cc(C=CC(=O)c2ccc(F)c(F)c2)ccc1O. The Morgan fingerprint density at radius 3 is 2.57 bits per heavy atom. The average molecular weight is 290 g/mol. The zero-order valence-electron chi connectivity index (χ0n) is 11.1. The van der Waals surface area contributed by atoms with Gasteiger partial charge in [-0.2, -0.15) is 0 Å². The summed E-state index contributed by atoms with van der Waals surface area (Å²) in [6, 6.07) is 7.53. The fourth-order valence-corrected chi connectivity index (χ4v) is 1.72. The van der Waals surface area contributed by atoms with Crippen LogP contribution in [0.1, 0.15) is 15.9 Å². The standard InChI is InChI=1S/C16H12F2O3/c1-21-16-8-10(3-7-15(16)20)2-6-14(19)11-4-5-12(17)13(18)9-11/h2-9,20H,1H3. The van der Waals surface area contributed by atoms with Crippen molar-refractivity contribution in [3.8, 4) is 11.5 Å². The first-order valence-electron chi connectivity index (χ1n) is 6.05. The lowest BCUT2D eigenvalue weighted by atomic mass is 10.1. The predicted octanol–water partition coefficient (Wildman–Crippen LogP) is 3.58. The topological polar surface area (TPSA) is 46.5 Å². The summed E-state index contributed by atoms with van der Waals surface area (Å²) in [7, 11) is 1.41. The summed E-state index contributed by atoms with van der Waals surface area (Å²) in [6.07, 6.45) is 2.73. The van der Waals surface area contributed by atoms with Crippen LogP contribution in [0, 0.1) is 11.6 Å². The quantitative estimate of drug-likeness (QED) is 0.691. The van der Waals surface area contributed by atoms with Crippen LogP contribution in [0.4, 0.5) is 8.78 Å². The van der Waals surface area contributed by atoms with Crippen LogP contribution in [-0.2, 0) is 0 Å². The molecule has 0 amide bonds. The van der Waals surface area contributed by atoms with Gasteiger partial charge in [0.1, 0.15) is 0 Å². The lowest BCUT2D eigenvalue weighted by molar-refractivity contribution is 0.104. The van der Waals surface area contributed by atoms with Gasteiger partial charge in [0.25, 0.3) is 0 Å². The third-order valence-electron chi connectivity index (χ3n) is 2.84. The van der Waals surface area contributed by atoms with E-state index in [1.807, 2.05) is 0 Å². The summed E-state index contributed by atoms with van der Waals surface area (Å²) in [5, 5.41) is 9.45. The molecule has 3 nitrogen and oxygen atoms in total. The van der Waals surface area contributed by atoms with Crippen LogP contribution < -0.4 is 4.74 Å². The molecule has 0 unspecified atom stereocenters. The van der Waals surface area contributed by atoms with Crippen molar-refractivity contribution in [2.24, 2.45) is 0 Å². The van der Waals surface area contributed by atoms with Gasteiger partial charge in [-0.3, -0.25) is 4.79 Å². The number of rotatable bonds is 4. The maximum atomic E-state index is 13.1. The third kappa shape index (κ3) is 3.45. The number of halogens is 2. The fourth-order valence-electron chi connectivity index (χ4n) is 1.72. The molecule has 2 rings (SSSR count). The molecule has 0 aliphatic heterocycles. The molecule has 0 heterocycles. The van der Waals surface area contributed by atoms with E-state index < -0.39 is 17.4 Å². The van der Waals surface area contributed by atoms with Gasteiger partial charge in [-0.1, -0.05) is 12.1 Å². The molecule has 0 aliphatic carbocycles. The molecule has 5 heteroatoms. The van der Waals surface area contributed by atoms with Crippen molar-refractivity contribution in [2.75, 3.05) is 7.11 Å². The number of phenols is 1. The average Bonchev–Trinajstić information content (AvgIpc) is 2.48. The van der Waals surface area contributed by atoms with Gasteiger partial charge in [0, 0.05) is 5.56 Å². The Labute approximate surface area is 120 Å². The summed E-state index contributed by atoms with van der Waals surface area (Å²) in [6.45, 7) is 0. The number of carbonyl (C=O) groups is 1. The molecule has 0 saturated heterocycles. The van der Waals surface area contributed by atoms with Gasteiger partial charge in [-0.05, 0) is 42.0 Å². The Balaban J connectivity index is 2.20. The van der Waals surface area contributed by atoms with E-state index in [1.54, 1.807) is 12.1 Å². The molecule has 0 bridgehead atoms. The highest BCUT2D eigenvalue weighted by molar-refractivity contribution is 6.06. The van der Waals surface area contributed by atoms with Crippen LogP contribution in [0.15, 0.2) is 42.5 Å². The molecule has 0 radical (unpaired) electrons. The first-order chi connectivity index (χ1) is 10.0. The van der Waals surface area contributed by atoms with E-state index in [0.717, 1.165) is 12.1 Å². The van der Waals surface area contributed by atoms with Crippen molar-refractivity contribution in [3.05, 3.63) is 65.2 Å². The predicted molar refractivity (Wildman–Crippen MR) is 74.4 cm³/mol. The second kappa shape index (κ2) is 6.17. The van der Waals surface area contributed by atoms with Gasteiger partial charge < -0.3 is 9.84 Å². The highest BCUT2D eigenvalue weighted by atomic mass is 19.2. The molecule has 0 atom stereocenters. The number of hydrogen-bond acceptors (Lipinski definition) is 3. The van der Waals surface area contributed by atoms with Gasteiger partial charge in [0.15, 0.2) is 28.9 Å². The number of benzene rings is 2. The Hall–Kier alpha value is -2.69. The highest BCUT2D eigenvalue weighted by Gasteiger charge is 2.07. The van der Waals surface area contributed by atoms with Crippen LogP contribution in [0.2, 0.25) is 0 Å². The molecule has 108 valence electrons. The summed E-state index contributed by atoms with van der Waals surface area (Å²) in [5.41, 5.74) is 0.677. The van der Waals surface area contributed by atoms with Gasteiger partial charge in [-0.25, -0.2) is 8.78 Å². The lowest BCUT2D eigenvalue weighted by Crippen LogP contribution is -1.96. The molecule has 0 aliphatic rings. The lowest BCUT2D eigenvalue weighted by Gasteiger charge is -2.03. The number of methoxy groups -OCH3 is 1. The number of hydrogen-bond donors (Lipinski definition) is 1. The van der Waals surface area contributed by atoms with Gasteiger partial charge in [0.2, 0.25) is 0 Å². The van der Waals surface area contributed by atoms with Crippen molar-refractivity contribution >= 4 is 11.9 Å². The fraction of sp³-hybridized carbons (Fsp3) is 0.0625. The highest BCUT2D eigenvalue weighted by Crippen LogP contribution is 2.26. The molecule has 0 fully saturated rings. The number of aromatic hydroxyl groups is 1. The molecule has 0 spiro atoms. The van der Waals surface area contributed by atoms with Crippen molar-refractivity contribution < 1.29 is 23.4 Å². The summed E-state index contributed by atoms with van der Waals surface area (Å²) < 4.78 is 30.8. The van der Waals surface area contributed by atoms with Gasteiger partial charge in [-0.15, -0.1) is 0 Å². The molecule has 21 heavy (non-hydrogen) atoms. The second-order valence-corrected chi connectivity index (χ2v) is 4.26. The van der Waals surface area contributed by atoms with E-state index in [1.165, 1.54) is 31.4 Å². The van der Waals surface area contributed by atoms with Crippen LogP contribution in [0.25, 0.3) is 6.08 Å². The molecular formula is C16H12F2O3. The van der Waals surface area contributed by atoms with Crippen molar-refractivity contribution in [3.63, 3.8) is 0 Å². The van der Waals surface area contributed by atoms with Gasteiger partial charge in [0.05, 0.1) is 7.11 Å². The Morgan fingerprint density at radius 1 is 1.14 bits per heavy atom. The minimum absolute atomic E-state index is 0.0124. The molecule has 1 N–H and O–H groups in total. The number of allylic oxidation sites excluding steroid dienone is 1. The largest absolute Gasteiger partial charge is 0.504 e. The normalized spacial score (nSPS) is 10.8. The first-order valence-corrected chi connectivity index (χ1v) is 6.05. The molecule has 2 aromatic carbocycles. The number of phenolic OH excluding ortho intramolecular Hbond substituents is 1. The Kier molecular flexibility index (Phi) is 4.33. The van der Waals surface area contributed by atoms with E-state index in [4.69, 9.17) is 4.74 Å². The maximum Gasteiger partial charge on any atom is 0.185 e. The van der Waals surface area contributed by atoms with Crippen molar-refractivity contribution in [1.82, 2.24) is 0 Å². The summed E-state index contributed by atoms with van der Waals surface area (Å²) in [4.78, 5) is 11.8. The smallest absolute Gasteiger partial charge is 0.185 e. The molecule has 0 aromatic heterocycles. The van der Waals surface area contributed by atoms with E-state index in [9.17, 15) is 18.7 Å². The number of ether oxygens (including phenoxy) is 1. The zero-order chi connectivity index (χ0) is 15.4. The van der Waals surface area contributed by atoms with Crippen LogP contribution in [0.3, 0.4) is 0 Å². The zero-order valence-corrected chi connectivity index (χ0v) is 11.1. The molecule has 0 saturated carbocycles. The summed E-state index contributed by atoms with van der Waals surface area (Å²) in [5.74, 6) is -2.26. The van der Waals surface area contributed by atoms with Crippen molar-refractivity contribution in [1.29, 1.82) is 0 Å². The molecule has 2 aromatic rings. The maximum absolute atomic E-state index is 13.1. The van der Waals surface area contributed by atoms with Crippen LogP contribution in [0.5, 0.6) is 11.5 Å².